The molecule has 0 saturated carbocycles. The summed E-state index contributed by atoms with van der Waals surface area (Å²) >= 11 is 3.47. The summed E-state index contributed by atoms with van der Waals surface area (Å²) in [6, 6.07) is 8.59. The number of nitriles is 1. The first-order chi connectivity index (χ1) is 8.70. The topological polar surface area (TPSA) is 39.1 Å². The lowest BCUT2D eigenvalue weighted by atomic mass is 10.0. The van der Waals surface area contributed by atoms with Crippen LogP contribution in [-0.4, -0.2) is 26.2 Å². The van der Waals surface area contributed by atoms with E-state index in [2.05, 4.69) is 39.3 Å². The third-order valence-electron chi connectivity index (χ3n) is 3.40. The standard InChI is InChI=1S/C14H18BrN3/c1-18(10-13-4-2-3-7-17-13)14-8-12(15)6-5-11(14)9-16/h5-6,8,13,17H,2-4,7,10H2,1H3. The van der Waals surface area contributed by atoms with Crippen LogP contribution in [0.4, 0.5) is 5.69 Å². The Kier molecular flexibility index (Phi) is 4.62. The summed E-state index contributed by atoms with van der Waals surface area (Å²) in [4.78, 5) is 2.17. The van der Waals surface area contributed by atoms with Crippen molar-refractivity contribution in [2.75, 3.05) is 25.0 Å². The van der Waals surface area contributed by atoms with Gasteiger partial charge in [0, 0.05) is 24.1 Å². The fourth-order valence-corrected chi connectivity index (χ4v) is 2.77. The average Bonchev–Trinajstić information content (AvgIpc) is 2.40. The third-order valence-corrected chi connectivity index (χ3v) is 3.89. The van der Waals surface area contributed by atoms with E-state index in [0.717, 1.165) is 28.8 Å². The lowest BCUT2D eigenvalue weighted by Gasteiger charge is -2.30. The molecule has 0 aliphatic carbocycles. The smallest absolute Gasteiger partial charge is 0.101 e. The molecule has 3 nitrogen and oxygen atoms in total. The Morgan fingerprint density at radius 2 is 2.33 bits per heavy atom. The van der Waals surface area contributed by atoms with Gasteiger partial charge in [0.2, 0.25) is 0 Å². The van der Waals surface area contributed by atoms with Gasteiger partial charge in [0.25, 0.3) is 0 Å². The summed E-state index contributed by atoms with van der Waals surface area (Å²) < 4.78 is 1.01. The zero-order valence-corrected chi connectivity index (χ0v) is 12.2. The molecule has 1 atom stereocenters. The second-order valence-electron chi connectivity index (χ2n) is 4.80. The Balaban J connectivity index is 2.10. The molecular weight excluding hydrogens is 290 g/mol. The number of rotatable bonds is 3. The average molecular weight is 308 g/mol. The van der Waals surface area contributed by atoms with E-state index in [1.54, 1.807) is 0 Å². The second kappa shape index (κ2) is 6.21. The number of piperidine rings is 1. The van der Waals surface area contributed by atoms with Crippen LogP contribution in [0.3, 0.4) is 0 Å². The van der Waals surface area contributed by atoms with Crippen LogP contribution in [0.5, 0.6) is 0 Å². The van der Waals surface area contributed by atoms with Crippen LogP contribution < -0.4 is 10.2 Å². The van der Waals surface area contributed by atoms with Crippen molar-refractivity contribution >= 4 is 21.6 Å². The van der Waals surface area contributed by atoms with E-state index < -0.39 is 0 Å². The zero-order valence-electron chi connectivity index (χ0n) is 10.6. The maximum atomic E-state index is 9.16. The summed E-state index contributed by atoms with van der Waals surface area (Å²) in [5, 5.41) is 12.7. The van der Waals surface area contributed by atoms with E-state index in [1.165, 1.54) is 19.3 Å². The predicted octanol–water partition coefficient (Wildman–Crippen LogP) is 2.90. The van der Waals surface area contributed by atoms with Crippen molar-refractivity contribution in [2.45, 2.75) is 25.3 Å². The zero-order chi connectivity index (χ0) is 13.0. The fraction of sp³-hybridized carbons (Fsp3) is 0.500. The van der Waals surface area contributed by atoms with Gasteiger partial charge in [0.15, 0.2) is 0 Å². The van der Waals surface area contributed by atoms with Crippen molar-refractivity contribution in [1.29, 1.82) is 5.26 Å². The molecule has 1 aliphatic heterocycles. The highest BCUT2D eigenvalue weighted by molar-refractivity contribution is 9.10. The molecule has 1 saturated heterocycles. The Morgan fingerprint density at radius 1 is 1.50 bits per heavy atom. The third kappa shape index (κ3) is 3.24. The van der Waals surface area contributed by atoms with Crippen molar-refractivity contribution in [1.82, 2.24) is 5.32 Å². The van der Waals surface area contributed by atoms with E-state index in [4.69, 9.17) is 5.26 Å². The van der Waals surface area contributed by atoms with Gasteiger partial charge in [0.05, 0.1) is 11.3 Å². The predicted molar refractivity (Wildman–Crippen MR) is 77.8 cm³/mol. The van der Waals surface area contributed by atoms with E-state index in [-0.39, 0.29) is 0 Å². The summed E-state index contributed by atoms with van der Waals surface area (Å²) in [5.41, 5.74) is 1.73. The van der Waals surface area contributed by atoms with Crippen LogP contribution in [0, 0.1) is 11.3 Å². The molecule has 0 radical (unpaired) electrons. The minimum atomic E-state index is 0.536. The van der Waals surface area contributed by atoms with Gasteiger partial charge in [-0.15, -0.1) is 0 Å². The van der Waals surface area contributed by atoms with Gasteiger partial charge in [-0.05, 0) is 37.6 Å². The van der Waals surface area contributed by atoms with Crippen LogP contribution in [0.15, 0.2) is 22.7 Å². The van der Waals surface area contributed by atoms with E-state index in [1.807, 2.05) is 18.2 Å². The maximum Gasteiger partial charge on any atom is 0.101 e. The second-order valence-corrected chi connectivity index (χ2v) is 5.72. The van der Waals surface area contributed by atoms with Gasteiger partial charge in [-0.25, -0.2) is 0 Å². The van der Waals surface area contributed by atoms with Gasteiger partial charge < -0.3 is 10.2 Å². The Hall–Kier alpha value is -1.05. The van der Waals surface area contributed by atoms with Gasteiger partial charge in [-0.1, -0.05) is 22.4 Å². The number of benzene rings is 1. The molecule has 0 spiro atoms. The van der Waals surface area contributed by atoms with Crippen LogP contribution in [0.1, 0.15) is 24.8 Å². The fourth-order valence-electron chi connectivity index (χ4n) is 2.42. The summed E-state index contributed by atoms with van der Waals surface area (Å²) in [6.45, 7) is 2.06. The van der Waals surface area contributed by atoms with E-state index in [0.29, 0.717) is 6.04 Å². The number of hydrogen-bond acceptors (Lipinski definition) is 3. The highest BCUT2D eigenvalue weighted by Gasteiger charge is 2.16. The number of nitrogens with one attached hydrogen (secondary N) is 1. The van der Waals surface area contributed by atoms with Crippen LogP contribution >= 0.6 is 15.9 Å². The molecule has 18 heavy (non-hydrogen) atoms. The maximum absolute atomic E-state index is 9.16. The summed E-state index contributed by atoms with van der Waals surface area (Å²) in [6.07, 6.45) is 3.80. The molecule has 1 aromatic carbocycles. The largest absolute Gasteiger partial charge is 0.372 e. The van der Waals surface area contributed by atoms with Crippen molar-refractivity contribution in [3.8, 4) is 6.07 Å². The van der Waals surface area contributed by atoms with Crippen LogP contribution in [-0.2, 0) is 0 Å². The molecule has 4 heteroatoms. The molecule has 96 valence electrons. The molecule has 2 rings (SSSR count). The molecule has 1 fully saturated rings. The van der Waals surface area contributed by atoms with Crippen molar-refractivity contribution in [3.63, 3.8) is 0 Å². The number of likely N-dealkylation sites (N-methyl/N-ethyl adjacent to an activating group) is 1. The Bertz CT molecular complexity index is 447. The van der Waals surface area contributed by atoms with Gasteiger partial charge in [-0.3, -0.25) is 0 Å². The number of halogens is 1. The van der Waals surface area contributed by atoms with Crippen molar-refractivity contribution in [3.05, 3.63) is 28.2 Å². The lowest BCUT2D eigenvalue weighted by molar-refractivity contribution is 0.403. The number of anilines is 1. The first-order valence-electron chi connectivity index (χ1n) is 6.35. The molecule has 1 heterocycles. The number of hydrogen-bond donors (Lipinski definition) is 1. The lowest BCUT2D eigenvalue weighted by Crippen LogP contribution is -2.42. The van der Waals surface area contributed by atoms with Crippen LogP contribution in [0.25, 0.3) is 0 Å². The van der Waals surface area contributed by atoms with E-state index in [9.17, 15) is 0 Å². The summed E-state index contributed by atoms with van der Waals surface area (Å²) in [7, 11) is 2.05. The van der Waals surface area contributed by atoms with Gasteiger partial charge in [0.1, 0.15) is 6.07 Å². The van der Waals surface area contributed by atoms with Crippen molar-refractivity contribution in [2.24, 2.45) is 0 Å². The van der Waals surface area contributed by atoms with E-state index >= 15 is 0 Å². The molecule has 1 aromatic rings. The molecule has 0 aromatic heterocycles. The molecule has 1 N–H and O–H groups in total. The molecule has 1 unspecified atom stereocenters. The molecule has 1 aliphatic rings. The van der Waals surface area contributed by atoms with Gasteiger partial charge in [-0.2, -0.15) is 5.26 Å². The first kappa shape index (κ1) is 13.4. The quantitative estimate of drug-likeness (QED) is 0.933. The normalized spacial score (nSPS) is 19.3. The van der Waals surface area contributed by atoms with Gasteiger partial charge >= 0.3 is 0 Å². The highest BCUT2D eigenvalue weighted by Crippen LogP contribution is 2.24. The Morgan fingerprint density at radius 3 is 3.00 bits per heavy atom. The number of nitrogens with zero attached hydrogens (tertiary/aromatic N) is 2. The Labute approximate surface area is 117 Å². The van der Waals surface area contributed by atoms with Crippen molar-refractivity contribution < 1.29 is 0 Å². The SMILES string of the molecule is CN(CC1CCCCN1)c1cc(Br)ccc1C#N. The molecule has 0 amide bonds. The first-order valence-corrected chi connectivity index (χ1v) is 7.14. The monoisotopic (exact) mass is 307 g/mol. The minimum Gasteiger partial charge on any atom is -0.372 e. The summed E-state index contributed by atoms with van der Waals surface area (Å²) in [5.74, 6) is 0. The highest BCUT2D eigenvalue weighted by atomic mass is 79.9. The molecular formula is C14H18BrN3. The molecule has 0 bridgehead atoms. The van der Waals surface area contributed by atoms with Crippen LogP contribution in [0.2, 0.25) is 0 Å². The minimum absolute atomic E-state index is 0.536.